The summed E-state index contributed by atoms with van der Waals surface area (Å²) < 4.78 is 41.9. The minimum Gasteiger partial charge on any atom is -0.724 e. The van der Waals surface area contributed by atoms with Crippen LogP contribution in [0, 0.1) is 0 Å². The van der Waals surface area contributed by atoms with Crippen LogP contribution in [0.1, 0.15) is 40.0 Å². The molecule has 4 amide bonds. The van der Waals surface area contributed by atoms with E-state index in [2.05, 4.69) is 9.76 Å². The molecule has 3 atom stereocenters. The topological polar surface area (TPSA) is 158 Å². The normalized spacial score (nSPS) is 26.9. The van der Waals surface area contributed by atoms with E-state index in [9.17, 15) is 27.4 Å². The van der Waals surface area contributed by atoms with E-state index < -0.39 is 52.2 Å². The lowest BCUT2D eigenvalue weighted by molar-refractivity contribution is -0.143. The molecular formula is C16H25N4O9S-. The van der Waals surface area contributed by atoms with Crippen LogP contribution in [0.4, 0.5) is 9.59 Å². The number of urea groups is 1. The molecule has 14 heteroatoms. The minimum atomic E-state index is -5.10. The van der Waals surface area contributed by atoms with E-state index in [1.165, 1.54) is 4.90 Å². The molecule has 0 aliphatic carbocycles. The summed E-state index contributed by atoms with van der Waals surface area (Å²) in [6.07, 6.45) is 0.134. The second-order valence-electron chi connectivity index (χ2n) is 8.41. The van der Waals surface area contributed by atoms with Gasteiger partial charge in [0.1, 0.15) is 17.7 Å². The van der Waals surface area contributed by atoms with Gasteiger partial charge in [-0.05, 0) is 40.0 Å². The van der Waals surface area contributed by atoms with Gasteiger partial charge in [0.15, 0.2) is 0 Å². The molecule has 3 aliphatic heterocycles. The zero-order chi connectivity index (χ0) is 22.3. The van der Waals surface area contributed by atoms with Crippen LogP contribution < -0.4 is 5.48 Å². The van der Waals surface area contributed by atoms with Crippen LogP contribution in [0.2, 0.25) is 0 Å². The highest BCUT2D eigenvalue weighted by molar-refractivity contribution is 7.80. The van der Waals surface area contributed by atoms with E-state index in [-0.39, 0.29) is 25.9 Å². The van der Waals surface area contributed by atoms with Gasteiger partial charge in [-0.1, -0.05) is 0 Å². The highest BCUT2D eigenvalue weighted by atomic mass is 32.3. The van der Waals surface area contributed by atoms with Gasteiger partial charge in [-0.25, -0.2) is 23.5 Å². The number of hydrogen-bond donors (Lipinski definition) is 1. The lowest BCUT2D eigenvalue weighted by Crippen LogP contribution is -2.50. The predicted molar refractivity (Wildman–Crippen MR) is 97.0 cm³/mol. The molecule has 1 unspecified atom stereocenters. The predicted octanol–water partition coefficient (Wildman–Crippen LogP) is -0.296. The van der Waals surface area contributed by atoms with Gasteiger partial charge in [0.2, 0.25) is 10.4 Å². The van der Waals surface area contributed by atoms with E-state index in [1.54, 1.807) is 20.8 Å². The van der Waals surface area contributed by atoms with Crippen LogP contribution in [0.3, 0.4) is 0 Å². The summed E-state index contributed by atoms with van der Waals surface area (Å²) in [6, 6.07) is -2.38. The molecule has 0 radical (unpaired) electrons. The Balaban J connectivity index is 1.49. The van der Waals surface area contributed by atoms with Crippen molar-refractivity contribution in [3.8, 4) is 0 Å². The van der Waals surface area contributed by atoms with Crippen LogP contribution >= 0.6 is 0 Å². The maximum Gasteiger partial charge on any atom is 0.410 e. The maximum absolute atomic E-state index is 12.5. The summed E-state index contributed by atoms with van der Waals surface area (Å²) in [5, 5.41) is 0.506. The van der Waals surface area contributed by atoms with E-state index >= 15 is 0 Å². The number of carbonyl (C=O) groups is 3. The molecule has 30 heavy (non-hydrogen) atoms. The Hall–Kier alpha value is -2.16. The minimum absolute atomic E-state index is 0.0578. The zero-order valence-corrected chi connectivity index (χ0v) is 17.7. The van der Waals surface area contributed by atoms with Gasteiger partial charge in [0.05, 0.1) is 12.6 Å². The van der Waals surface area contributed by atoms with E-state index in [0.717, 1.165) is 4.90 Å². The number of nitrogens with zero attached hydrogens (tertiary/aromatic N) is 3. The number of rotatable bonds is 5. The fourth-order valence-corrected chi connectivity index (χ4v) is 4.01. The Labute approximate surface area is 174 Å². The Morgan fingerprint density at radius 3 is 2.50 bits per heavy atom. The smallest absolute Gasteiger partial charge is 0.410 e. The number of hydroxylamine groups is 3. The van der Waals surface area contributed by atoms with Crippen LogP contribution in [0.5, 0.6) is 0 Å². The van der Waals surface area contributed by atoms with Crippen molar-refractivity contribution in [1.29, 1.82) is 0 Å². The van der Waals surface area contributed by atoms with Gasteiger partial charge < -0.3 is 19.1 Å². The molecule has 0 aromatic carbocycles. The fourth-order valence-electron chi connectivity index (χ4n) is 3.63. The molecular weight excluding hydrogens is 424 g/mol. The molecule has 13 nitrogen and oxygen atoms in total. The van der Waals surface area contributed by atoms with Crippen molar-refractivity contribution >= 4 is 28.4 Å². The summed E-state index contributed by atoms with van der Waals surface area (Å²) in [4.78, 5) is 44.9. The summed E-state index contributed by atoms with van der Waals surface area (Å²) in [6.45, 7) is 6.02. The van der Waals surface area contributed by atoms with E-state index in [4.69, 9.17) is 9.57 Å². The Morgan fingerprint density at radius 2 is 1.87 bits per heavy atom. The van der Waals surface area contributed by atoms with Crippen LogP contribution in [0.25, 0.3) is 0 Å². The van der Waals surface area contributed by atoms with Crippen molar-refractivity contribution < 1.29 is 41.2 Å². The molecule has 0 spiro atoms. The van der Waals surface area contributed by atoms with Crippen molar-refractivity contribution in [2.24, 2.45) is 0 Å². The average Bonchev–Trinajstić information content (AvgIpc) is 3.17. The Kier molecular flexibility index (Phi) is 6.13. The third-order valence-corrected chi connectivity index (χ3v) is 5.26. The molecule has 3 rings (SSSR count). The van der Waals surface area contributed by atoms with Gasteiger partial charge in [0.25, 0.3) is 5.91 Å². The van der Waals surface area contributed by atoms with Gasteiger partial charge in [0, 0.05) is 13.1 Å². The second-order valence-corrected chi connectivity index (χ2v) is 9.38. The van der Waals surface area contributed by atoms with Crippen LogP contribution in [0.15, 0.2) is 0 Å². The first kappa shape index (κ1) is 22.5. The number of ether oxygens (including phenoxy) is 1. The fraction of sp³-hybridized carbons (Fsp3) is 0.812. The first-order valence-corrected chi connectivity index (χ1v) is 10.9. The molecule has 2 bridgehead atoms. The first-order valence-electron chi connectivity index (χ1n) is 9.53. The summed E-state index contributed by atoms with van der Waals surface area (Å²) in [7, 11) is -5.10. The lowest BCUT2D eigenvalue weighted by atomic mass is 10.0. The molecule has 3 fully saturated rings. The maximum atomic E-state index is 12.5. The monoisotopic (exact) mass is 449 g/mol. The molecule has 0 saturated carbocycles. The van der Waals surface area contributed by atoms with Crippen LogP contribution in [-0.4, -0.2) is 89.3 Å². The molecule has 1 N–H and O–H groups in total. The third-order valence-electron chi connectivity index (χ3n) is 4.92. The number of likely N-dealkylation sites (tertiary alicyclic amines) is 1. The Bertz CT molecular complexity index is 812. The molecule has 3 saturated heterocycles. The number of hydrogen-bond acceptors (Lipinski definition) is 9. The van der Waals surface area contributed by atoms with E-state index in [1.807, 2.05) is 0 Å². The molecule has 3 aliphatic rings. The van der Waals surface area contributed by atoms with Gasteiger partial charge >= 0.3 is 12.1 Å². The van der Waals surface area contributed by atoms with Crippen molar-refractivity contribution in [3.63, 3.8) is 0 Å². The standard InChI is InChI=1S/C16H26N4O9S/c1-16(2,3)27-15(23)18-7-6-11(9-18)28-17-13(21)12-5-4-10-8-19(12)14(22)20(10)29-30(24,25)26/h10-12H,4-9H2,1-3H3,(H,17,21)(H,24,25,26)/p-1/t10-,11?,12+/m1/s1. The number of fused-ring (bicyclic) bond motifs is 2. The van der Waals surface area contributed by atoms with Crippen molar-refractivity contribution in [3.05, 3.63) is 0 Å². The highest BCUT2D eigenvalue weighted by Crippen LogP contribution is 2.30. The lowest BCUT2D eigenvalue weighted by Gasteiger charge is -2.29. The number of carbonyl (C=O) groups excluding carboxylic acids is 3. The van der Waals surface area contributed by atoms with Gasteiger partial charge in [-0.3, -0.25) is 9.63 Å². The van der Waals surface area contributed by atoms with E-state index in [0.29, 0.717) is 18.0 Å². The quantitative estimate of drug-likeness (QED) is 0.338. The van der Waals surface area contributed by atoms with Gasteiger partial charge in [-0.2, -0.15) is 9.35 Å². The Morgan fingerprint density at radius 1 is 1.17 bits per heavy atom. The first-order chi connectivity index (χ1) is 13.8. The molecule has 0 aromatic heterocycles. The van der Waals surface area contributed by atoms with Crippen molar-refractivity contribution in [2.45, 2.75) is 63.8 Å². The molecule has 170 valence electrons. The molecule has 3 heterocycles. The van der Waals surface area contributed by atoms with Crippen molar-refractivity contribution in [2.75, 3.05) is 19.6 Å². The number of nitrogens with one attached hydrogen (secondary N) is 1. The highest BCUT2D eigenvalue weighted by Gasteiger charge is 2.49. The second kappa shape index (κ2) is 8.17. The summed E-state index contributed by atoms with van der Waals surface area (Å²) in [5.41, 5.74) is 1.70. The number of piperidine rings is 1. The van der Waals surface area contributed by atoms with Gasteiger partial charge in [-0.15, -0.1) is 0 Å². The summed E-state index contributed by atoms with van der Waals surface area (Å²) >= 11 is 0. The number of amides is 4. The molecule has 0 aromatic rings. The zero-order valence-electron chi connectivity index (χ0n) is 16.9. The largest absolute Gasteiger partial charge is 0.724 e. The third kappa shape index (κ3) is 5.30. The SMILES string of the molecule is CC(C)(C)OC(=O)N1CCC(ONC(=O)[C@@H]2CC[C@@H]3CN2C(=O)N3OS(=O)(=O)[O-])C1. The average molecular weight is 449 g/mol. The van der Waals surface area contributed by atoms with Crippen molar-refractivity contribution in [1.82, 2.24) is 20.3 Å². The summed E-state index contributed by atoms with van der Waals surface area (Å²) in [5.74, 6) is -0.579. The van der Waals surface area contributed by atoms with Crippen LogP contribution in [-0.2, 0) is 29.1 Å².